The molecule has 3 aromatic rings. The second-order valence-electron chi connectivity index (χ2n) is 7.16. The van der Waals surface area contributed by atoms with Gasteiger partial charge < -0.3 is 5.32 Å². The first-order valence-electron chi connectivity index (χ1n) is 9.54. The van der Waals surface area contributed by atoms with Crippen LogP contribution in [0.1, 0.15) is 18.9 Å². The maximum Gasteiger partial charge on any atom is 0.344 e. The lowest BCUT2D eigenvalue weighted by molar-refractivity contribution is -0.138. The number of thiophene rings is 1. The summed E-state index contributed by atoms with van der Waals surface area (Å²) >= 11 is 2.64. The lowest BCUT2D eigenvalue weighted by Gasteiger charge is -2.21. The highest BCUT2D eigenvalue weighted by atomic mass is 32.2. The monoisotopic (exact) mass is 456 g/mol. The first kappa shape index (κ1) is 21.1. The quantitative estimate of drug-likeness (QED) is 0.354. The van der Waals surface area contributed by atoms with E-state index in [4.69, 9.17) is 0 Å². The standard InChI is InChI=1S/C20H20N6O3S2/c1-20(10-9-13-6-3-2-4-7-13)17(28)26(19(29)22-20)25-15(27)12-31-18-21-16(23-24-18)14-8-5-11-30-14/h2-8,11H,9-10,12H2,1H3,(H,22,29)(H,25,27)(H,21,23,24)/t20-/m0/s1. The number of carbonyl (C=O) groups is 3. The summed E-state index contributed by atoms with van der Waals surface area (Å²) in [6.07, 6.45) is 1.05. The summed E-state index contributed by atoms with van der Waals surface area (Å²) in [5.74, 6) is -0.395. The zero-order valence-electron chi connectivity index (χ0n) is 16.6. The summed E-state index contributed by atoms with van der Waals surface area (Å²) in [6.45, 7) is 1.66. The van der Waals surface area contributed by atoms with Gasteiger partial charge in [-0.05, 0) is 36.8 Å². The summed E-state index contributed by atoms with van der Waals surface area (Å²) in [5.41, 5.74) is 2.38. The molecule has 9 nitrogen and oxygen atoms in total. The minimum atomic E-state index is -1.08. The van der Waals surface area contributed by atoms with Crippen molar-refractivity contribution in [1.82, 2.24) is 30.9 Å². The Balaban J connectivity index is 1.30. The third-order valence-corrected chi connectivity index (χ3v) is 6.53. The van der Waals surface area contributed by atoms with Crippen LogP contribution >= 0.6 is 23.1 Å². The smallest absolute Gasteiger partial charge is 0.322 e. The molecular weight excluding hydrogens is 436 g/mol. The molecule has 11 heteroatoms. The van der Waals surface area contributed by atoms with Crippen molar-refractivity contribution in [3.8, 4) is 10.7 Å². The normalized spacial score (nSPS) is 18.3. The molecule has 1 saturated heterocycles. The number of hydrogen-bond donors (Lipinski definition) is 3. The number of nitrogens with one attached hydrogen (secondary N) is 3. The van der Waals surface area contributed by atoms with E-state index in [-0.39, 0.29) is 5.75 Å². The fourth-order valence-electron chi connectivity index (χ4n) is 3.12. The molecule has 0 saturated carbocycles. The molecular formula is C20H20N6O3S2. The minimum absolute atomic E-state index is 0.0421. The lowest BCUT2D eigenvalue weighted by atomic mass is 9.93. The maximum absolute atomic E-state index is 12.8. The van der Waals surface area contributed by atoms with Crippen LogP contribution < -0.4 is 10.7 Å². The third kappa shape index (κ3) is 4.78. The number of carbonyl (C=O) groups excluding carboxylic acids is 3. The van der Waals surface area contributed by atoms with Gasteiger partial charge in [-0.1, -0.05) is 48.2 Å². The van der Waals surface area contributed by atoms with Gasteiger partial charge in [-0.2, -0.15) is 5.01 Å². The zero-order valence-corrected chi connectivity index (χ0v) is 18.3. The molecule has 0 aliphatic carbocycles. The number of urea groups is 1. The van der Waals surface area contributed by atoms with Crippen molar-refractivity contribution < 1.29 is 14.4 Å². The molecule has 31 heavy (non-hydrogen) atoms. The molecule has 4 rings (SSSR count). The van der Waals surface area contributed by atoms with Gasteiger partial charge in [-0.15, -0.1) is 16.4 Å². The van der Waals surface area contributed by atoms with Crippen LogP contribution in [0.5, 0.6) is 0 Å². The number of benzene rings is 1. The van der Waals surface area contributed by atoms with Gasteiger partial charge in [0.25, 0.3) is 5.91 Å². The number of nitrogens with zero attached hydrogens (tertiary/aromatic N) is 3. The topological polar surface area (TPSA) is 120 Å². The van der Waals surface area contributed by atoms with Crippen molar-refractivity contribution in [2.45, 2.75) is 30.5 Å². The molecule has 1 fully saturated rings. The summed E-state index contributed by atoms with van der Waals surface area (Å²) in [5, 5.41) is 12.7. The Labute approximate surface area is 186 Å². The van der Waals surface area contributed by atoms with E-state index in [0.29, 0.717) is 23.8 Å². The fraction of sp³-hybridized carbons (Fsp3) is 0.250. The van der Waals surface area contributed by atoms with E-state index in [1.165, 1.54) is 11.3 Å². The summed E-state index contributed by atoms with van der Waals surface area (Å²) < 4.78 is 0. The Morgan fingerprint density at radius 3 is 2.77 bits per heavy atom. The number of amides is 4. The maximum atomic E-state index is 12.8. The fourth-order valence-corrected chi connectivity index (χ4v) is 4.37. The molecule has 0 bridgehead atoms. The highest BCUT2D eigenvalue weighted by Crippen LogP contribution is 2.24. The Morgan fingerprint density at radius 1 is 1.23 bits per heavy atom. The SMILES string of the molecule is C[C@@]1(CCc2ccccc2)NC(=O)N(NC(=O)CSc2n[nH]c(-c3cccs3)n2)C1=O. The van der Waals surface area contributed by atoms with Crippen LogP contribution in [0.15, 0.2) is 53.0 Å². The van der Waals surface area contributed by atoms with Crippen molar-refractivity contribution in [3.63, 3.8) is 0 Å². The van der Waals surface area contributed by atoms with E-state index in [2.05, 4.69) is 25.9 Å². The van der Waals surface area contributed by atoms with Gasteiger partial charge in [0.15, 0.2) is 5.82 Å². The second kappa shape index (κ2) is 8.90. The van der Waals surface area contributed by atoms with E-state index >= 15 is 0 Å². The Bertz CT molecular complexity index is 1090. The van der Waals surface area contributed by atoms with E-state index < -0.39 is 23.4 Å². The van der Waals surface area contributed by atoms with Crippen LogP contribution in [0.4, 0.5) is 4.79 Å². The third-order valence-electron chi connectivity index (χ3n) is 4.81. The predicted octanol–water partition coefficient (Wildman–Crippen LogP) is 2.60. The average Bonchev–Trinajstić information content (AvgIpc) is 3.50. The van der Waals surface area contributed by atoms with Crippen LogP contribution in [0.3, 0.4) is 0 Å². The van der Waals surface area contributed by atoms with Crippen molar-refractivity contribution >= 4 is 40.9 Å². The van der Waals surface area contributed by atoms with E-state index in [0.717, 1.165) is 27.2 Å². The van der Waals surface area contributed by atoms with Crippen molar-refractivity contribution in [1.29, 1.82) is 0 Å². The molecule has 1 aromatic carbocycles. The van der Waals surface area contributed by atoms with E-state index in [1.54, 1.807) is 6.92 Å². The lowest BCUT2D eigenvalue weighted by Crippen LogP contribution is -2.49. The van der Waals surface area contributed by atoms with Gasteiger partial charge in [0.05, 0.1) is 10.6 Å². The Morgan fingerprint density at radius 2 is 2.03 bits per heavy atom. The molecule has 4 amide bonds. The average molecular weight is 457 g/mol. The second-order valence-corrected chi connectivity index (χ2v) is 9.05. The van der Waals surface area contributed by atoms with Crippen LogP contribution in [-0.4, -0.2) is 49.3 Å². The molecule has 1 aliphatic heterocycles. The summed E-state index contributed by atoms with van der Waals surface area (Å²) in [7, 11) is 0. The number of thioether (sulfide) groups is 1. The van der Waals surface area contributed by atoms with Crippen molar-refractivity contribution in [2.24, 2.45) is 0 Å². The number of rotatable bonds is 8. The molecule has 0 unspecified atom stereocenters. The van der Waals surface area contributed by atoms with Gasteiger partial charge in [0, 0.05) is 0 Å². The van der Waals surface area contributed by atoms with Crippen LogP contribution in [0.25, 0.3) is 10.7 Å². The number of hydrogen-bond acceptors (Lipinski definition) is 7. The van der Waals surface area contributed by atoms with Crippen molar-refractivity contribution in [3.05, 3.63) is 53.4 Å². The van der Waals surface area contributed by atoms with Gasteiger partial charge in [0.1, 0.15) is 5.54 Å². The number of hydrazine groups is 1. The first-order chi connectivity index (χ1) is 14.9. The molecule has 1 atom stereocenters. The van der Waals surface area contributed by atoms with Gasteiger partial charge >= 0.3 is 6.03 Å². The van der Waals surface area contributed by atoms with Gasteiger partial charge in [-0.25, -0.2) is 9.78 Å². The predicted molar refractivity (Wildman–Crippen MR) is 117 cm³/mol. The summed E-state index contributed by atoms with van der Waals surface area (Å²) in [6, 6.07) is 12.9. The van der Waals surface area contributed by atoms with Crippen LogP contribution in [-0.2, 0) is 16.0 Å². The van der Waals surface area contributed by atoms with Gasteiger partial charge in [-0.3, -0.25) is 20.1 Å². The first-order valence-corrected chi connectivity index (χ1v) is 11.4. The minimum Gasteiger partial charge on any atom is -0.322 e. The number of aromatic amines is 1. The van der Waals surface area contributed by atoms with Crippen LogP contribution in [0.2, 0.25) is 0 Å². The zero-order chi connectivity index (χ0) is 21.8. The molecule has 0 radical (unpaired) electrons. The number of aryl methyl sites for hydroxylation is 1. The molecule has 3 heterocycles. The molecule has 1 aliphatic rings. The molecule has 160 valence electrons. The van der Waals surface area contributed by atoms with E-state index in [9.17, 15) is 14.4 Å². The Kier molecular flexibility index (Phi) is 6.05. The molecule has 2 aromatic heterocycles. The van der Waals surface area contributed by atoms with Crippen LogP contribution in [0, 0.1) is 0 Å². The number of imide groups is 1. The van der Waals surface area contributed by atoms with Gasteiger partial charge in [0.2, 0.25) is 11.1 Å². The van der Waals surface area contributed by atoms with E-state index in [1.807, 2.05) is 47.8 Å². The number of H-pyrrole nitrogens is 1. The van der Waals surface area contributed by atoms with Crippen molar-refractivity contribution in [2.75, 3.05) is 5.75 Å². The largest absolute Gasteiger partial charge is 0.344 e. The molecule has 0 spiro atoms. The summed E-state index contributed by atoms with van der Waals surface area (Å²) in [4.78, 5) is 42.7. The molecule has 3 N–H and O–H groups in total. The number of aromatic nitrogens is 3. The highest BCUT2D eigenvalue weighted by Gasteiger charge is 2.48. The highest BCUT2D eigenvalue weighted by molar-refractivity contribution is 7.99. The Hall–Kier alpha value is -3.18.